The van der Waals surface area contributed by atoms with Gasteiger partial charge in [0.05, 0.1) is 23.1 Å². The Morgan fingerprint density at radius 2 is 1.93 bits per heavy atom. The van der Waals surface area contributed by atoms with Crippen molar-refractivity contribution in [1.82, 2.24) is 19.4 Å². The molecule has 0 spiro atoms. The van der Waals surface area contributed by atoms with E-state index in [1.807, 2.05) is 32.4 Å². The molecule has 1 aromatic carbocycles. The van der Waals surface area contributed by atoms with Gasteiger partial charge in [0.2, 0.25) is 0 Å². The third-order valence-electron chi connectivity index (χ3n) is 8.49. The minimum Gasteiger partial charge on any atom is -0.381 e. The number of aryl methyl sites for hydroxylation is 2. The molecule has 42 heavy (non-hydrogen) atoms. The number of benzene rings is 1. The summed E-state index contributed by atoms with van der Waals surface area (Å²) in [6.45, 7) is 7.89. The molecule has 2 aliphatic rings. The molecule has 4 heterocycles. The highest BCUT2D eigenvalue weighted by molar-refractivity contribution is 5.84. The van der Waals surface area contributed by atoms with Crippen LogP contribution in [0, 0.1) is 19.7 Å². The van der Waals surface area contributed by atoms with E-state index in [9.17, 15) is 4.79 Å². The Bertz CT molecular complexity index is 1620. The summed E-state index contributed by atoms with van der Waals surface area (Å²) in [5.74, 6) is -0.425. The number of pyridine rings is 3. The van der Waals surface area contributed by atoms with Crippen LogP contribution < -0.4 is 21.4 Å². The zero-order valence-electron chi connectivity index (χ0n) is 24.5. The first-order valence-electron chi connectivity index (χ1n) is 15.0. The van der Waals surface area contributed by atoms with Crippen molar-refractivity contribution >= 4 is 22.3 Å². The van der Waals surface area contributed by atoms with Gasteiger partial charge in [-0.25, -0.2) is 4.39 Å². The number of hydrogen-bond donors (Lipinski definition) is 2. The molecule has 3 aromatic heterocycles. The number of halogens is 1. The monoisotopic (exact) mass is 569 g/mol. The fourth-order valence-electron chi connectivity index (χ4n) is 6.14. The smallest absolute Gasteiger partial charge is 0.193 e. The zero-order chi connectivity index (χ0) is 29.2. The van der Waals surface area contributed by atoms with Crippen molar-refractivity contribution < 1.29 is 4.39 Å². The van der Waals surface area contributed by atoms with E-state index in [1.165, 1.54) is 11.6 Å². The van der Waals surface area contributed by atoms with Gasteiger partial charge >= 0.3 is 0 Å². The lowest BCUT2D eigenvalue weighted by atomic mass is 10.0. The number of nitrogens with two attached hydrogens (primary N) is 1. The van der Waals surface area contributed by atoms with Gasteiger partial charge in [0.15, 0.2) is 5.43 Å². The second kappa shape index (κ2) is 12.2. The van der Waals surface area contributed by atoms with Crippen molar-refractivity contribution in [3.63, 3.8) is 0 Å². The van der Waals surface area contributed by atoms with Gasteiger partial charge in [0.25, 0.3) is 0 Å². The maximum absolute atomic E-state index is 15.1. The highest BCUT2D eigenvalue weighted by Crippen LogP contribution is 2.38. The number of fused-ring (bicyclic) bond motifs is 1. The van der Waals surface area contributed by atoms with E-state index in [0.29, 0.717) is 48.9 Å². The minimum atomic E-state index is -0.425. The standard InChI is InChI=1S/C33H40FN7O/c1-22-5-6-27(17-38-22)39-13-3-4-28(21-39)40(18-24-9-11-36-23(2)14-24)19-25-20-41(26-7-8-26)32-16-31(37-12-10-35)30(34)15-29(32)33(25)42/h5-6,9,11,14-17,20,26,28,37H,3-4,7-8,10,12-13,18-19,21,35H2,1-2H3/t28-/m0/s1. The zero-order valence-corrected chi connectivity index (χ0v) is 24.5. The topological polar surface area (TPSA) is 92.3 Å². The number of anilines is 2. The molecule has 1 aliphatic heterocycles. The van der Waals surface area contributed by atoms with E-state index in [-0.39, 0.29) is 11.5 Å². The molecule has 1 atom stereocenters. The molecule has 9 heteroatoms. The highest BCUT2D eigenvalue weighted by Gasteiger charge is 2.29. The van der Waals surface area contributed by atoms with Crippen LogP contribution >= 0.6 is 0 Å². The Labute approximate surface area is 246 Å². The summed E-state index contributed by atoms with van der Waals surface area (Å²) in [5.41, 5.74) is 11.7. The molecule has 4 aromatic rings. The molecule has 1 saturated heterocycles. The summed E-state index contributed by atoms with van der Waals surface area (Å²) >= 11 is 0. The van der Waals surface area contributed by atoms with Crippen LogP contribution in [0.2, 0.25) is 0 Å². The largest absolute Gasteiger partial charge is 0.381 e. The first-order valence-corrected chi connectivity index (χ1v) is 15.0. The third kappa shape index (κ3) is 6.17. The molecule has 1 aliphatic carbocycles. The van der Waals surface area contributed by atoms with E-state index in [4.69, 9.17) is 5.73 Å². The number of rotatable bonds is 10. The van der Waals surface area contributed by atoms with E-state index in [0.717, 1.165) is 61.4 Å². The molecule has 220 valence electrons. The maximum atomic E-state index is 15.1. The van der Waals surface area contributed by atoms with Crippen molar-refractivity contribution in [2.45, 2.75) is 64.7 Å². The average molecular weight is 570 g/mol. The Balaban J connectivity index is 1.36. The van der Waals surface area contributed by atoms with Crippen LogP contribution in [0.25, 0.3) is 10.9 Å². The highest BCUT2D eigenvalue weighted by atomic mass is 19.1. The Kier molecular flexibility index (Phi) is 8.22. The van der Waals surface area contributed by atoms with Crippen LogP contribution in [-0.2, 0) is 13.1 Å². The van der Waals surface area contributed by atoms with Crippen LogP contribution in [0.5, 0.6) is 0 Å². The van der Waals surface area contributed by atoms with Crippen LogP contribution in [0.15, 0.2) is 59.8 Å². The molecule has 3 N–H and O–H groups in total. The third-order valence-corrected chi connectivity index (χ3v) is 8.49. The summed E-state index contributed by atoms with van der Waals surface area (Å²) in [4.78, 5) is 27.7. The Morgan fingerprint density at radius 3 is 2.67 bits per heavy atom. The average Bonchev–Trinajstić information content (AvgIpc) is 3.83. The summed E-state index contributed by atoms with van der Waals surface area (Å²) in [6, 6.07) is 12.1. The fraction of sp³-hybridized carbons (Fsp3) is 0.424. The number of hydrogen-bond acceptors (Lipinski definition) is 7. The summed E-state index contributed by atoms with van der Waals surface area (Å²) in [6.07, 6.45) is 10.0. The van der Waals surface area contributed by atoms with Crippen LogP contribution in [0.4, 0.5) is 15.8 Å². The summed E-state index contributed by atoms with van der Waals surface area (Å²) in [5, 5.41) is 3.50. The summed E-state index contributed by atoms with van der Waals surface area (Å²) < 4.78 is 17.3. The van der Waals surface area contributed by atoms with Gasteiger partial charge in [-0.2, -0.15) is 0 Å². The SMILES string of the molecule is Cc1ccc(N2CCC[C@H](N(Cc3ccnc(C)c3)Cc3cn(C4CC4)c4cc(NCCN)c(F)cc4c3=O)C2)cn1. The molecule has 6 rings (SSSR count). The molecular weight excluding hydrogens is 529 g/mol. The van der Waals surface area contributed by atoms with E-state index < -0.39 is 5.82 Å². The van der Waals surface area contributed by atoms with Crippen molar-refractivity contribution in [1.29, 1.82) is 0 Å². The molecule has 1 saturated carbocycles. The lowest BCUT2D eigenvalue weighted by molar-refractivity contribution is 0.158. The first-order chi connectivity index (χ1) is 20.4. The quantitative estimate of drug-likeness (QED) is 0.280. The molecule has 2 fully saturated rings. The van der Waals surface area contributed by atoms with Crippen molar-refractivity contribution in [2.24, 2.45) is 5.73 Å². The van der Waals surface area contributed by atoms with Gasteiger partial charge < -0.3 is 20.5 Å². The van der Waals surface area contributed by atoms with Gasteiger partial charge in [-0.3, -0.25) is 19.7 Å². The van der Waals surface area contributed by atoms with Gasteiger partial charge in [0.1, 0.15) is 5.82 Å². The van der Waals surface area contributed by atoms with Gasteiger partial charge in [-0.05, 0) is 81.5 Å². The van der Waals surface area contributed by atoms with Crippen LogP contribution in [0.1, 0.15) is 54.2 Å². The fourth-order valence-corrected chi connectivity index (χ4v) is 6.14. The second-order valence-electron chi connectivity index (χ2n) is 11.8. The van der Waals surface area contributed by atoms with Gasteiger partial charge in [-0.1, -0.05) is 0 Å². The molecule has 0 unspecified atom stereocenters. The summed E-state index contributed by atoms with van der Waals surface area (Å²) in [7, 11) is 0. The molecule has 0 bridgehead atoms. The maximum Gasteiger partial charge on any atom is 0.193 e. The molecule has 0 radical (unpaired) electrons. The number of nitrogens with one attached hydrogen (secondary N) is 1. The van der Waals surface area contributed by atoms with Crippen molar-refractivity contribution in [2.75, 3.05) is 36.4 Å². The number of nitrogens with zero attached hydrogens (tertiary/aromatic N) is 5. The van der Waals surface area contributed by atoms with Gasteiger partial charge in [-0.15, -0.1) is 0 Å². The van der Waals surface area contributed by atoms with Crippen LogP contribution in [-0.4, -0.2) is 51.7 Å². The van der Waals surface area contributed by atoms with E-state index in [2.05, 4.69) is 53.9 Å². The van der Waals surface area contributed by atoms with Crippen LogP contribution in [0.3, 0.4) is 0 Å². The second-order valence-corrected chi connectivity index (χ2v) is 11.8. The molecule has 0 amide bonds. The Morgan fingerprint density at radius 1 is 1.07 bits per heavy atom. The van der Waals surface area contributed by atoms with E-state index >= 15 is 4.39 Å². The Hall–Kier alpha value is -3.82. The lowest BCUT2D eigenvalue weighted by Crippen LogP contribution is -2.48. The van der Waals surface area contributed by atoms with Crippen molar-refractivity contribution in [3.05, 3.63) is 93.5 Å². The van der Waals surface area contributed by atoms with E-state index in [1.54, 1.807) is 6.07 Å². The van der Waals surface area contributed by atoms with Crippen molar-refractivity contribution in [3.8, 4) is 0 Å². The number of aromatic nitrogens is 3. The lowest BCUT2D eigenvalue weighted by Gasteiger charge is -2.40. The molecule has 8 nitrogen and oxygen atoms in total. The first kappa shape index (κ1) is 28.3. The van der Waals surface area contributed by atoms with Gasteiger partial charge in [0, 0.05) is 86.1 Å². The number of piperidine rings is 1. The normalized spacial score (nSPS) is 17.3. The minimum absolute atomic E-state index is 0.0996. The molecular formula is C33H40FN7O. The predicted molar refractivity (Wildman–Crippen MR) is 166 cm³/mol. The predicted octanol–water partition coefficient (Wildman–Crippen LogP) is 4.92.